The maximum absolute atomic E-state index is 13.1. The minimum absolute atomic E-state index is 0.0604. The van der Waals surface area contributed by atoms with Gasteiger partial charge in [0.25, 0.3) is 0 Å². The van der Waals surface area contributed by atoms with Gasteiger partial charge in [-0.1, -0.05) is 24.3 Å². The number of hydrogen-bond donors (Lipinski definition) is 1. The summed E-state index contributed by atoms with van der Waals surface area (Å²) < 4.78 is 18.2. The summed E-state index contributed by atoms with van der Waals surface area (Å²) in [6.07, 6.45) is 2.88. The van der Waals surface area contributed by atoms with Gasteiger partial charge in [-0.05, 0) is 35.9 Å². The van der Waals surface area contributed by atoms with Gasteiger partial charge in [-0.25, -0.2) is 4.39 Å². The average molecular weight is 272 g/mol. The Bertz CT molecular complexity index is 645. The lowest BCUT2D eigenvalue weighted by molar-refractivity contribution is 0.104. The largest absolute Gasteiger partial charge is 0.504 e. The van der Waals surface area contributed by atoms with Gasteiger partial charge in [0, 0.05) is 0 Å². The Balaban J connectivity index is 2.18. The molecule has 0 fully saturated rings. The topological polar surface area (TPSA) is 46.5 Å². The number of methoxy groups -OCH3 is 1. The van der Waals surface area contributed by atoms with E-state index in [1.54, 1.807) is 37.5 Å². The first-order valence-corrected chi connectivity index (χ1v) is 5.96. The van der Waals surface area contributed by atoms with Gasteiger partial charge in [0.2, 0.25) is 0 Å². The number of phenols is 1. The highest BCUT2D eigenvalue weighted by atomic mass is 19.1. The first-order valence-electron chi connectivity index (χ1n) is 5.96. The smallest absolute Gasteiger partial charge is 0.189 e. The van der Waals surface area contributed by atoms with E-state index in [0.29, 0.717) is 0 Å². The molecule has 0 saturated carbocycles. The summed E-state index contributed by atoms with van der Waals surface area (Å²) in [5, 5.41) is 9.49. The third-order valence-corrected chi connectivity index (χ3v) is 2.80. The van der Waals surface area contributed by atoms with E-state index in [9.17, 15) is 14.3 Å². The SMILES string of the molecule is COc1ccc(/C=C/C(=O)c2cccc(F)c2O)cc1. The fourth-order valence-corrected chi connectivity index (χ4v) is 1.69. The molecule has 3 nitrogen and oxygen atoms in total. The number of rotatable bonds is 4. The van der Waals surface area contributed by atoms with Crippen molar-refractivity contribution in [1.29, 1.82) is 0 Å². The lowest BCUT2D eigenvalue weighted by atomic mass is 10.1. The minimum Gasteiger partial charge on any atom is -0.504 e. The van der Waals surface area contributed by atoms with E-state index in [-0.39, 0.29) is 5.56 Å². The van der Waals surface area contributed by atoms with Gasteiger partial charge < -0.3 is 9.84 Å². The Labute approximate surface area is 115 Å². The molecule has 1 N–H and O–H groups in total. The zero-order valence-electron chi connectivity index (χ0n) is 10.8. The average Bonchev–Trinajstić information content (AvgIpc) is 2.48. The van der Waals surface area contributed by atoms with Gasteiger partial charge in [-0.15, -0.1) is 0 Å². The Morgan fingerprint density at radius 1 is 1.20 bits per heavy atom. The number of para-hydroxylation sites is 1. The summed E-state index contributed by atoms with van der Waals surface area (Å²) in [7, 11) is 1.57. The molecule has 4 heteroatoms. The second-order valence-electron chi connectivity index (χ2n) is 4.11. The molecule has 0 unspecified atom stereocenters. The molecule has 20 heavy (non-hydrogen) atoms. The molecule has 0 aliphatic heterocycles. The van der Waals surface area contributed by atoms with Crippen molar-refractivity contribution < 1.29 is 19.0 Å². The zero-order valence-corrected chi connectivity index (χ0v) is 10.8. The summed E-state index contributed by atoms with van der Waals surface area (Å²) in [4.78, 5) is 11.9. The Hall–Kier alpha value is -2.62. The number of hydrogen-bond acceptors (Lipinski definition) is 3. The van der Waals surface area contributed by atoms with E-state index in [0.717, 1.165) is 17.4 Å². The molecule has 0 aliphatic carbocycles. The van der Waals surface area contributed by atoms with Crippen LogP contribution in [0, 0.1) is 5.82 Å². The van der Waals surface area contributed by atoms with Crippen molar-refractivity contribution in [3.63, 3.8) is 0 Å². The fraction of sp³-hybridized carbons (Fsp3) is 0.0625. The van der Waals surface area contributed by atoms with Crippen LogP contribution in [0.5, 0.6) is 11.5 Å². The fourth-order valence-electron chi connectivity index (χ4n) is 1.69. The predicted octanol–water partition coefficient (Wildman–Crippen LogP) is 3.44. The first-order chi connectivity index (χ1) is 9.61. The highest BCUT2D eigenvalue weighted by Gasteiger charge is 2.11. The van der Waals surface area contributed by atoms with E-state index in [4.69, 9.17) is 4.74 Å². The van der Waals surface area contributed by atoms with Crippen LogP contribution in [0.15, 0.2) is 48.5 Å². The number of allylic oxidation sites excluding steroid dienone is 1. The van der Waals surface area contributed by atoms with Crippen molar-refractivity contribution in [2.75, 3.05) is 7.11 Å². The molecule has 0 bridgehead atoms. The first kappa shape index (κ1) is 13.8. The van der Waals surface area contributed by atoms with Crippen LogP contribution < -0.4 is 4.74 Å². The van der Waals surface area contributed by atoms with Crippen molar-refractivity contribution in [3.05, 3.63) is 65.5 Å². The van der Waals surface area contributed by atoms with Crippen LogP contribution >= 0.6 is 0 Å². The molecule has 0 amide bonds. The summed E-state index contributed by atoms with van der Waals surface area (Å²) in [6.45, 7) is 0. The molecule has 0 spiro atoms. The number of aromatic hydroxyl groups is 1. The highest BCUT2D eigenvalue weighted by Crippen LogP contribution is 2.21. The number of ether oxygens (including phenoxy) is 1. The van der Waals surface area contributed by atoms with Crippen LogP contribution in [0.3, 0.4) is 0 Å². The minimum atomic E-state index is -0.811. The number of phenolic OH excluding ortho intramolecular Hbond substituents is 1. The molecule has 0 saturated heterocycles. The molecular formula is C16H13FO3. The van der Waals surface area contributed by atoms with E-state index >= 15 is 0 Å². The molecule has 2 aromatic rings. The van der Waals surface area contributed by atoms with Crippen molar-refractivity contribution in [2.45, 2.75) is 0 Å². The molecule has 0 aromatic heterocycles. The summed E-state index contributed by atoms with van der Waals surface area (Å²) in [6, 6.07) is 11.0. The predicted molar refractivity (Wildman–Crippen MR) is 74.4 cm³/mol. The van der Waals surface area contributed by atoms with Crippen molar-refractivity contribution >= 4 is 11.9 Å². The molecular weight excluding hydrogens is 259 g/mol. The number of carbonyl (C=O) groups is 1. The summed E-state index contributed by atoms with van der Waals surface area (Å²) in [5.74, 6) is -1.18. The molecule has 2 aromatic carbocycles. The Kier molecular flexibility index (Phi) is 4.15. The molecule has 0 heterocycles. The molecule has 0 radical (unpaired) electrons. The quantitative estimate of drug-likeness (QED) is 0.685. The van der Waals surface area contributed by atoms with Gasteiger partial charge in [-0.3, -0.25) is 4.79 Å². The number of halogens is 1. The number of ketones is 1. The van der Waals surface area contributed by atoms with Crippen LogP contribution in [-0.2, 0) is 0 Å². The van der Waals surface area contributed by atoms with Crippen LogP contribution in [-0.4, -0.2) is 18.0 Å². The Morgan fingerprint density at radius 2 is 1.90 bits per heavy atom. The molecule has 0 aliphatic rings. The van der Waals surface area contributed by atoms with Gasteiger partial charge >= 0.3 is 0 Å². The van der Waals surface area contributed by atoms with Gasteiger partial charge in [0.05, 0.1) is 12.7 Å². The van der Waals surface area contributed by atoms with Crippen LogP contribution in [0.25, 0.3) is 6.08 Å². The summed E-state index contributed by atoms with van der Waals surface area (Å²) in [5.41, 5.74) is 0.741. The molecule has 0 atom stereocenters. The zero-order chi connectivity index (χ0) is 14.5. The maximum atomic E-state index is 13.1. The number of benzene rings is 2. The third-order valence-electron chi connectivity index (χ3n) is 2.80. The summed E-state index contributed by atoms with van der Waals surface area (Å²) >= 11 is 0. The monoisotopic (exact) mass is 272 g/mol. The van der Waals surface area contributed by atoms with E-state index < -0.39 is 17.3 Å². The van der Waals surface area contributed by atoms with E-state index in [2.05, 4.69) is 0 Å². The van der Waals surface area contributed by atoms with Crippen LogP contribution in [0.4, 0.5) is 4.39 Å². The molecule has 2 rings (SSSR count). The second kappa shape index (κ2) is 6.02. The van der Waals surface area contributed by atoms with Crippen molar-refractivity contribution in [3.8, 4) is 11.5 Å². The number of carbonyl (C=O) groups excluding carboxylic acids is 1. The van der Waals surface area contributed by atoms with Gasteiger partial charge in [0.1, 0.15) is 5.75 Å². The Morgan fingerprint density at radius 3 is 2.55 bits per heavy atom. The van der Waals surface area contributed by atoms with Crippen LogP contribution in [0.2, 0.25) is 0 Å². The highest BCUT2D eigenvalue weighted by molar-refractivity contribution is 6.08. The second-order valence-corrected chi connectivity index (χ2v) is 4.11. The lowest BCUT2D eigenvalue weighted by Crippen LogP contribution is -1.96. The van der Waals surface area contributed by atoms with Gasteiger partial charge in [0.15, 0.2) is 17.3 Å². The van der Waals surface area contributed by atoms with Gasteiger partial charge in [-0.2, -0.15) is 0 Å². The van der Waals surface area contributed by atoms with Crippen molar-refractivity contribution in [1.82, 2.24) is 0 Å². The normalized spacial score (nSPS) is 10.7. The van der Waals surface area contributed by atoms with Crippen LogP contribution in [0.1, 0.15) is 15.9 Å². The van der Waals surface area contributed by atoms with E-state index in [1.165, 1.54) is 18.2 Å². The molecule has 102 valence electrons. The maximum Gasteiger partial charge on any atom is 0.189 e. The lowest BCUT2D eigenvalue weighted by Gasteiger charge is -2.01. The third kappa shape index (κ3) is 3.03. The van der Waals surface area contributed by atoms with E-state index in [1.807, 2.05) is 0 Å². The van der Waals surface area contributed by atoms with Crippen molar-refractivity contribution in [2.24, 2.45) is 0 Å². The standard InChI is InChI=1S/C16H13FO3/c1-20-12-8-5-11(6-9-12)7-10-15(18)13-3-2-4-14(17)16(13)19/h2-10,19H,1H3/b10-7+.